The molecule has 1 unspecified atom stereocenters. The molecule has 0 radical (unpaired) electrons. The van der Waals surface area contributed by atoms with Crippen LogP contribution in [0.3, 0.4) is 0 Å². The Labute approximate surface area is 208 Å². The molecule has 2 aromatic carbocycles. The third kappa shape index (κ3) is 6.49. The van der Waals surface area contributed by atoms with Crippen LogP contribution in [-0.4, -0.2) is 0 Å². The first-order chi connectivity index (χ1) is 16.9. The van der Waals surface area contributed by atoms with Crippen LogP contribution in [0, 0.1) is 46.9 Å². The van der Waals surface area contributed by atoms with Gasteiger partial charge in [0.05, 0.1) is 5.56 Å². The topological polar surface area (TPSA) is 0 Å². The van der Waals surface area contributed by atoms with Crippen LogP contribution < -0.4 is 0 Å². The van der Waals surface area contributed by atoms with Gasteiger partial charge in [0.2, 0.25) is 0 Å². The monoisotopic (exact) mass is 488 g/mol. The van der Waals surface area contributed by atoms with E-state index >= 15 is 0 Å². The summed E-state index contributed by atoms with van der Waals surface area (Å²) < 4.78 is 56.6. The predicted molar refractivity (Wildman–Crippen MR) is 135 cm³/mol. The van der Waals surface area contributed by atoms with Crippen molar-refractivity contribution in [3.05, 3.63) is 59.2 Å². The lowest BCUT2D eigenvalue weighted by Crippen LogP contribution is -2.23. The molecule has 0 heterocycles. The van der Waals surface area contributed by atoms with Gasteiger partial charge in [0, 0.05) is 0 Å². The maximum Gasteiger partial charge on any atom is 0.159 e. The van der Waals surface area contributed by atoms with Crippen LogP contribution in [0.4, 0.5) is 17.6 Å². The molecule has 0 saturated heterocycles. The summed E-state index contributed by atoms with van der Waals surface area (Å²) in [5.41, 5.74) is 0.408. The van der Waals surface area contributed by atoms with Crippen molar-refractivity contribution in [1.29, 1.82) is 0 Å². The molecular formula is C31H40F4. The molecule has 0 aliphatic heterocycles. The SMILES string of the molecule is CCCCC1CCC(C(C)CC2CCC(c3cc(F)c(-c4ccc(F)c(F)c4)c(F)c3)CC2)CC1. The molecule has 2 aromatic rings. The van der Waals surface area contributed by atoms with Crippen molar-refractivity contribution >= 4 is 0 Å². The second kappa shape index (κ2) is 11.9. The fourth-order valence-corrected chi connectivity index (χ4v) is 6.74. The molecule has 0 nitrogen and oxygen atoms in total. The Morgan fingerprint density at radius 1 is 0.743 bits per heavy atom. The van der Waals surface area contributed by atoms with Gasteiger partial charge in [0.25, 0.3) is 0 Å². The first-order valence-corrected chi connectivity index (χ1v) is 13.8. The first-order valence-electron chi connectivity index (χ1n) is 13.8. The smallest absolute Gasteiger partial charge is 0.159 e. The maximum absolute atomic E-state index is 14.9. The largest absolute Gasteiger partial charge is 0.206 e. The molecule has 192 valence electrons. The van der Waals surface area contributed by atoms with Crippen molar-refractivity contribution in [1.82, 2.24) is 0 Å². The van der Waals surface area contributed by atoms with Gasteiger partial charge in [-0.1, -0.05) is 52.0 Å². The summed E-state index contributed by atoms with van der Waals surface area (Å²) in [4.78, 5) is 0. The summed E-state index contributed by atoms with van der Waals surface area (Å²) in [5, 5.41) is 0. The summed E-state index contributed by atoms with van der Waals surface area (Å²) in [6.07, 6.45) is 15.0. The average molecular weight is 489 g/mol. The number of hydrogen-bond acceptors (Lipinski definition) is 0. The summed E-state index contributed by atoms with van der Waals surface area (Å²) in [7, 11) is 0. The van der Waals surface area contributed by atoms with E-state index in [9.17, 15) is 17.6 Å². The van der Waals surface area contributed by atoms with E-state index in [1.54, 1.807) is 0 Å². The standard InChI is InChI=1S/C31H40F4/c1-3-4-5-21-6-10-23(11-7-21)20(2)16-22-8-12-24(13-9-22)26-18-29(34)31(30(35)19-26)25-14-15-27(32)28(33)17-25/h14-15,17-24H,3-13,16H2,1-2H3. The quantitative estimate of drug-likeness (QED) is 0.324. The summed E-state index contributed by atoms with van der Waals surface area (Å²) in [5.74, 6) is -0.143. The Morgan fingerprint density at radius 3 is 1.97 bits per heavy atom. The molecule has 1 atom stereocenters. The van der Waals surface area contributed by atoms with Crippen LogP contribution in [0.2, 0.25) is 0 Å². The second-order valence-electron chi connectivity index (χ2n) is 11.3. The van der Waals surface area contributed by atoms with Crippen LogP contribution in [0.25, 0.3) is 11.1 Å². The van der Waals surface area contributed by atoms with Crippen molar-refractivity contribution in [2.45, 2.75) is 96.8 Å². The normalized spacial score (nSPS) is 26.0. The van der Waals surface area contributed by atoms with Crippen molar-refractivity contribution in [3.63, 3.8) is 0 Å². The first kappa shape index (κ1) is 26.2. The Kier molecular flexibility index (Phi) is 8.94. The number of benzene rings is 2. The highest BCUT2D eigenvalue weighted by molar-refractivity contribution is 5.65. The average Bonchev–Trinajstić information content (AvgIpc) is 2.85. The van der Waals surface area contributed by atoms with Crippen LogP contribution in [-0.2, 0) is 0 Å². The fraction of sp³-hybridized carbons (Fsp3) is 0.613. The molecule has 0 aromatic heterocycles. The van der Waals surface area contributed by atoms with E-state index in [1.807, 2.05) is 0 Å². The molecular weight excluding hydrogens is 448 g/mol. The van der Waals surface area contributed by atoms with E-state index < -0.39 is 23.3 Å². The minimum atomic E-state index is -1.11. The van der Waals surface area contributed by atoms with Gasteiger partial charge in [-0.05, 0) is 110 Å². The summed E-state index contributed by atoms with van der Waals surface area (Å²) in [6, 6.07) is 5.75. The van der Waals surface area contributed by atoms with Gasteiger partial charge in [0.1, 0.15) is 11.6 Å². The van der Waals surface area contributed by atoms with Crippen LogP contribution >= 0.6 is 0 Å². The molecule has 2 aliphatic rings. The molecule has 2 saturated carbocycles. The number of unbranched alkanes of at least 4 members (excludes halogenated alkanes) is 1. The van der Waals surface area contributed by atoms with E-state index in [0.29, 0.717) is 11.5 Å². The highest BCUT2D eigenvalue weighted by Gasteiger charge is 2.29. The van der Waals surface area contributed by atoms with Crippen molar-refractivity contribution in [2.24, 2.45) is 23.7 Å². The zero-order valence-corrected chi connectivity index (χ0v) is 21.3. The lowest BCUT2D eigenvalue weighted by molar-refractivity contribution is 0.169. The highest BCUT2D eigenvalue weighted by atomic mass is 19.2. The fourth-order valence-electron chi connectivity index (χ4n) is 6.74. The predicted octanol–water partition coefficient (Wildman–Crippen LogP) is 10.2. The van der Waals surface area contributed by atoms with Crippen LogP contribution in [0.1, 0.15) is 102 Å². The highest BCUT2D eigenvalue weighted by Crippen LogP contribution is 2.43. The number of hydrogen-bond donors (Lipinski definition) is 0. The van der Waals surface area contributed by atoms with Crippen molar-refractivity contribution < 1.29 is 17.6 Å². The molecule has 0 bridgehead atoms. The number of halogens is 4. The lowest BCUT2D eigenvalue weighted by Gasteiger charge is -2.36. The van der Waals surface area contributed by atoms with Gasteiger partial charge in [-0.2, -0.15) is 0 Å². The van der Waals surface area contributed by atoms with Crippen molar-refractivity contribution in [2.75, 3.05) is 0 Å². The zero-order valence-electron chi connectivity index (χ0n) is 21.3. The third-order valence-corrected chi connectivity index (χ3v) is 8.96. The minimum Gasteiger partial charge on any atom is -0.206 e. The molecule has 4 heteroatoms. The second-order valence-corrected chi connectivity index (χ2v) is 11.3. The van der Waals surface area contributed by atoms with Gasteiger partial charge in [-0.3, -0.25) is 0 Å². The molecule has 35 heavy (non-hydrogen) atoms. The molecule has 0 N–H and O–H groups in total. The zero-order chi connectivity index (χ0) is 24.9. The molecule has 0 spiro atoms. The summed E-state index contributed by atoms with van der Waals surface area (Å²) in [6.45, 7) is 4.71. The molecule has 2 aliphatic carbocycles. The Bertz CT molecular complexity index is 945. The Hall–Kier alpha value is -1.84. The number of rotatable bonds is 8. The van der Waals surface area contributed by atoms with Gasteiger partial charge >= 0.3 is 0 Å². The Morgan fingerprint density at radius 2 is 1.37 bits per heavy atom. The minimum absolute atomic E-state index is 0.0162. The van der Waals surface area contributed by atoms with Crippen LogP contribution in [0.15, 0.2) is 30.3 Å². The Balaban J connectivity index is 1.30. The molecule has 0 amide bonds. The van der Waals surface area contributed by atoms with E-state index in [2.05, 4.69) is 13.8 Å². The third-order valence-electron chi connectivity index (χ3n) is 8.96. The van der Waals surface area contributed by atoms with Gasteiger partial charge in [0.15, 0.2) is 11.6 Å². The van der Waals surface area contributed by atoms with Crippen molar-refractivity contribution in [3.8, 4) is 11.1 Å². The van der Waals surface area contributed by atoms with E-state index in [0.717, 1.165) is 55.6 Å². The van der Waals surface area contributed by atoms with E-state index in [1.165, 1.54) is 69.6 Å². The lowest BCUT2D eigenvalue weighted by atomic mass is 9.70. The van der Waals surface area contributed by atoms with Gasteiger partial charge in [-0.25, -0.2) is 17.6 Å². The van der Waals surface area contributed by atoms with Gasteiger partial charge < -0.3 is 0 Å². The summed E-state index contributed by atoms with van der Waals surface area (Å²) >= 11 is 0. The van der Waals surface area contributed by atoms with Crippen LogP contribution in [0.5, 0.6) is 0 Å². The molecule has 4 rings (SSSR count). The van der Waals surface area contributed by atoms with E-state index in [-0.39, 0.29) is 17.0 Å². The molecule has 2 fully saturated rings. The van der Waals surface area contributed by atoms with Gasteiger partial charge in [-0.15, -0.1) is 0 Å². The maximum atomic E-state index is 14.9. The van der Waals surface area contributed by atoms with E-state index in [4.69, 9.17) is 0 Å².